The third kappa shape index (κ3) is 2.29. The Balaban J connectivity index is 1.89. The highest BCUT2D eigenvalue weighted by molar-refractivity contribution is 5.31. The van der Waals surface area contributed by atoms with Gasteiger partial charge in [-0.05, 0) is 25.1 Å². The maximum absolute atomic E-state index is 6.25. The van der Waals surface area contributed by atoms with Crippen LogP contribution in [0.1, 0.15) is 24.9 Å². The molecular weight excluding hydrogens is 236 g/mol. The molecule has 1 fully saturated rings. The molecule has 0 amide bonds. The summed E-state index contributed by atoms with van der Waals surface area (Å²) in [4.78, 5) is 2.43. The lowest BCUT2D eigenvalue weighted by Crippen LogP contribution is -2.31. The van der Waals surface area contributed by atoms with E-state index in [1.807, 2.05) is 29.1 Å². The Morgan fingerprint density at radius 2 is 2.11 bits per heavy atom. The normalized spacial score (nSPS) is 23.9. The quantitative estimate of drug-likeness (QED) is 0.913. The first kappa shape index (κ1) is 12.4. The third-order valence-corrected chi connectivity index (χ3v) is 3.92. The zero-order valence-corrected chi connectivity index (χ0v) is 11.2. The van der Waals surface area contributed by atoms with Crippen LogP contribution in [0.4, 0.5) is 0 Å². The van der Waals surface area contributed by atoms with Crippen molar-refractivity contribution in [3.05, 3.63) is 48.3 Å². The molecule has 0 radical (unpaired) electrons. The van der Waals surface area contributed by atoms with Crippen molar-refractivity contribution >= 4 is 0 Å². The average Bonchev–Trinajstić information content (AvgIpc) is 3.05. The first-order valence-electron chi connectivity index (χ1n) is 6.89. The van der Waals surface area contributed by atoms with Gasteiger partial charge in [-0.25, -0.2) is 4.68 Å². The number of para-hydroxylation sites is 1. The number of likely N-dealkylation sites (N-methyl/N-ethyl adjacent to an activating group) is 1. The first-order chi connectivity index (χ1) is 9.29. The molecule has 0 bridgehead atoms. The summed E-state index contributed by atoms with van der Waals surface area (Å²) in [5.74, 6) is 0. The Labute approximate surface area is 113 Å². The molecule has 1 aliphatic heterocycles. The van der Waals surface area contributed by atoms with Crippen molar-refractivity contribution in [2.24, 2.45) is 5.73 Å². The van der Waals surface area contributed by atoms with Crippen molar-refractivity contribution < 1.29 is 0 Å². The standard InChI is InChI=1S/C15H20N4/c1-2-18-9-8-14(16)15(18)12-10-17-19(11-12)13-6-4-3-5-7-13/h3-7,10-11,14-15H,2,8-9,16H2,1H3. The van der Waals surface area contributed by atoms with E-state index < -0.39 is 0 Å². The fourth-order valence-corrected chi connectivity index (χ4v) is 2.91. The average molecular weight is 256 g/mol. The van der Waals surface area contributed by atoms with Gasteiger partial charge in [0.05, 0.1) is 17.9 Å². The van der Waals surface area contributed by atoms with Gasteiger partial charge in [-0.1, -0.05) is 25.1 Å². The number of nitrogens with two attached hydrogens (primary N) is 1. The molecule has 0 saturated carbocycles. The number of nitrogens with zero attached hydrogens (tertiary/aromatic N) is 3. The molecule has 1 aromatic heterocycles. The Bertz CT molecular complexity index is 534. The molecule has 2 aromatic rings. The highest BCUT2D eigenvalue weighted by Crippen LogP contribution is 2.30. The first-order valence-corrected chi connectivity index (χ1v) is 6.89. The lowest BCUT2D eigenvalue weighted by Gasteiger charge is -2.24. The van der Waals surface area contributed by atoms with Gasteiger partial charge >= 0.3 is 0 Å². The van der Waals surface area contributed by atoms with Crippen LogP contribution in [-0.4, -0.2) is 33.8 Å². The molecule has 2 heterocycles. The molecular formula is C15H20N4. The summed E-state index contributed by atoms with van der Waals surface area (Å²) in [6.07, 6.45) is 5.12. The largest absolute Gasteiger partial charge is 0.326 e. The minimum atomic E-state index is 0.216. The molecule has 3 rings (SSSR count). The summed E-state index contributed by atoms with van der Waals surface area (Å²) >= 11 is 0. The van der Waals surface area contributed by atoms with Gasteiger partial charge < -0.3 is 5.73 Å². The van der Waals surface area contributed by atoms with Crippen LogP contribution in [0.15, 0.2) is 42.7 Å². The molecule has 4 heteroatoms. The maximum atomic E-state index is 6.25. The van der Waals surface area contributed by atoms with Gasteiger partial charge in [0.15, 0.2) is 0 Å². The number of hydrogen-bond donors (Lipinski definition) is 1. The van der Waals surface area contributed by atoms with E-state index in [9.17, 15) is 0 Å². The molecule has 19 heavy (non-hydrogen) atoms. The van der Waals surface area contributed by atoms with Gasteiger partial charge in [-0.2, -0.15) is 5.10 Å². The monoisotopic (exact) mass is 256 g/mol. The van der Waals surface area contributed by atoms with Gasteiger partial charge in [0.1, 0.15) is 0 Å². The van der Waals surface area contributed by atoms with Crippen molar-refractivity contribution in [3.63, 3.8) is 0 Å². The second-order valence-electron chi connectivity index (χ2n) is 5.08. The van der Waals surface area contributed by atoms with Gasteiger partial charge in [-0.15, -0.1) is 0 Å². The summed E-state index contributed by atoms with van der Waals surface area (Å²) in [5, 5.41) is 4.47. The Kier molecular flexibility index (Phi) is 3.36. The van der Waals surface area contributed by atoms with E-state index in [0.29, 0.717) is 6.04 Å². The van der Waals surface area contributed by atoms with Crippen molar-refractivity contribution in [1.82, 2.24) is 14.7 Å². The summed E-state index contributed by atoms with van der Waals surface area (Å²) in [7, 11) is 0. The van der Waals surface area contributed by atoms with Crippen LogP contribution in [0.2, 0.25) is 0 Å². The van der Waals surface area contributed by atoms with Crippen LogP contribution < -0.4 is 5.73 Å². The summed E-state index contributed by atoms with van der Waals surface area (Å²) in [6, 6.07) is 10.7. The van der Waals surface area contributed by atoms with Crippen molar-refractivity contribution in [1.29, 1.82) is 0 Å². The Morgan fingerprint density at radius 3 is 2.84 bits per heavy atom. The van der Waals surface area contributed by atoms with E-state index in [4.69, 9.17) is 5.73 Å². The van der Waals surface area contributed by atoms with Crippen LogP contribution in [0, 0.1) is 0 Å². The molecule has 2 unspecified atom stereocenters. The minimum Gasteiger partial charge on any atom is -0.326 e. The molecule has 2 N–H and O–H groups in total. The van der Waals surface area contributed by atoms with E-state index in [1.54, 1.807) is 0 Å². The fraction of sp³-hybridized carbons (Fsp3) is 0.400. The Hall–Kier alpha value is -1.65. The number of aromatic nitrogens is 2. The molecule has 1 aliphatic rings. The minimum absolute atomic E-state index is 0.216. The SMILES string of the molecule is CCN1CCC(N)C1c1cnn(-c2ccccc2)c1. The lowest BCUT2D eigenvalue weighted by molar-refractivity contribution is 0.261. The smallest absolute Gasteiger partial charge is 0.0645 e. The fourth-order valence-electron chi connectivity index (χ4n) is 2.91. The number of rotatable bonds is 3. The molecule has 4 nitrogen and oxygen atoms in total. The highest BCUT2D eigenvalue weighted by Gasteiger charge is 2.32. The predicted molar refractivity (Wildman–Crippen MR) is 76.1 cm³/mol. The van der Waals surface area contributed by atoms with Gasteiger partial charge in [0.25, 0.3) is 0 Å². The van der Waals surface area contributed by atoms with Gasteiger partial charge in [-0.3, -0.25) is 4.90 Å². The second kappa shape index (κ2) is 5.15. The summed E-state index contributed by atoms with van der Waals surface area (Å²) in [5.41, 5.74) is 8.55. The predicted octanol–water partition coefficient (Wildman–Crippen LogP) is 1.97. The molecule has 0 aliphatic carbocycles. The van der Waals surface area contributed by atoms with Crippen molar-refractivity contribution in [2.45, 2.75) is 25.4 Å². The Morgan fingerprint density at radius 1 is 1.32 bits per heavy atom. The van der Waals surface area contributed by atoms with Crippen LogP contribution in [0.5, 0.6) is 0 Å². The van der Waals surface area contributed by atoms with Crippen LogP contribution in [0.25, 0.3) is 5.69 Å². The number of hydrogen-bond acceptors (Lipinski definition) is 3. The van der Waals surface area contributed by atoms with E-state index in [1.165, 1.54) is 5.56 Å². The maximum Gasteiger partial charge on any atom is 0.0645 e. The highest BCUT2D eigenvalue weighted by atomic mass is 15.3. The lowest BCUT2D eigenvalue weighted by atomic mass is 10.0. The molecule has 2 atom stereocenters. The summed E-state index contributed by atoms with van der Waals surface area (Å²) < 4.78 is 1.92. The third-order valence-electron chi connectivity index (χ3n) is 3.92. The van der Waals surface area contributed by atoms with Gasteiger partial charge in [0.2, 0.25) is 0 Å². The molecule has 1 aromatic carbocycles. The van der Waals surface area contributed by atoms with E-state index in [0.717, 1.165) is 25.2 Å². The van der Waals surface area contributed by atoms with E-state index in [2.05, 4.69) is 35.3 Å². The van der Waals surface area contributed by atoms with E-state index >= 15 is 0 Å². The molecule has 0 spiro atoms. The topological polar surface area (TPSA) is 47.1 Å². The molecule has 100 valence electrons. The van der Waals surface area contributed by atoms with Crippen LogP contribution in [0.3, 0.4) is 0 Å². The zero-order valence-electron chi connectivity index (χ0n) is 11.2. The number of likely N-dealkylation sites (tertiary alicyclic amines) is 1. The van der Waals surface area contributed by atoms with Crippen molar-refractivity contribution in [2.75, 3.05) is 13.1 Å². The van der Waals surface area contributed by atoms with Crippen molar-refractivity contribution in [3.8, 4) is 5.69 Å². The zero-order chi connectivity index (χ0) is 13.2. The number of benzene rings is 1. The van der Waals surface area contributed by atoms with E-state index in [-0.39, 0.29) is 6.04 Å². The second-order valence-corrected chi connectivity index (χ2v) is 5.08. The van der Waals surface area contributed by atoms with Gasteiger partial charge in [0, 0.05) is 24.3 Å². The summed E-state index contributed by atoms with van der Waals surface area (Å²) in [6.45, 7) is 4.31. The van der Waals surface area contributed by atoms with Crippen LogP contribution >= 0.6 is 0 Å². The molecule has 1 saturated heterocycles. The van der Waals surface area contributed by atoms with Crippen LogP contribution in [-0.2, 0) is 0 Å².